The Hall–Kier alpha value is -2.68. The molecule has 0 saturated heterocycles. The number of nitrogens with zero attached hydrogens (tertiary/aromatic N) is 5. The first-order valence-corrected chi connectivity index (χ1v) is 9.29. The van der Waals surface area contributed by atoms with Crippen LogP contribution in [0.4, 0.5) is 8.78 Å². The lowest BCUT2D eigenvalue weighted by Gasteiger charge is -2.35. The maximum atomic E-state index is 13.7. The number of alkyl halides is 1. The molecule has 1 aliphatic heterocycles. The minimum absolute atomic E-state index is 0.215. The van der Waals surface area contributed by atoms with E-state index >= 15 is 0 Å². The van der Waals surface area contributed by atoms with Gasteiger partial charge in [0.05, 0.1) is 17.4 Å². The number of aryl methyl sites for hydroxylation is 1. The number of rotatable bonds is 3. The molecule has 1 amide bonds. The Bertz CT molecular complexity index is 998. The van der Waals surface area contributed by atoms with Crippen molar-refractivity contribution in [2.24, 2.45) is 0 Å². The van der Waals surface area contributed by atoms with Crippen LogP contribution in [0.3, 0.4) is 0 Å². The predicted octanol–water partition coefficient (Wildman–Crippen LogP) is 3.54. The van der Waals surface area contributed by atoms with Gasteiger partial charge in [-0.25, -0.2) is 18.7 Å². The highest BCUT2D eigenvalue weighted by atomic mass is 32.1. The number of benzene rings is 1. The lowest BCUT2D eigenvalue weighted by atomic mass is 10.1. The van der Waals surface area contributed by atoms with E-state index in [9.17, 15) is 13.6 Å². The van der Waals surface area contributed by atoms with Gasteiger partial charge in [0.1, 0.15) is 18.3 Å². The fourth-order valence-corrected chi connectivity index (χ4v) is 4.11. The van der Waals surface area contributed by atoms with E-state index in [1.807, 2.05) is 11.5 Å². The zero-order valence-corrected chi connectivity index (χ0v) is 15.6. The second-order valence-corrected chi connectivity index (χ2v) is 7.13. The first kappa shape index (κ1) is 17.7. The molecule has 1 aromatic carbocycles. The highest BCUT2D eigenvalue weighted by Gasteiger charge is 2.34. The topological polar surface area (TPSA) is 63.9 Å². The Kier molecular flexibility index (Phi) is 4.47. The van der Waals surface area contributed by atoms with E-state index in [0.29, 0.717) is 46.7 Å². The van der Waals surface area contributed by atoms with Gasteiger partial charge in [-0.15, -0.1) is 0 Å². The van der Waals surface area contributed by atoms with Crippen molar-refractivity contribution in [3.63, 3.8) is 0 Å². The summed E-state index contributed by atoms with van der Waals surface area (Å²) in [5.41, 5.74) is 1.38. The van der Waals surface area contributed by atoms with E-state index in [4.69, 9.17) is 0 Å². The van der Waals surface area contributed by atoms with Crippen LogP contribution in [0.2, 0.25) is 0 Å². The summed E-state index contributed by atoms with van der Waals surface area (Å²) in [6, 6.07) is 5.07. The molecule has 0 saturated carbocycles. The zero-order chi connectivity index (χ0) is 19.1. The van der Waals surface area contributed by atoms with Crippen molar-refractivity contribution in [2.45, 2.75) is 33.1 Å². The molecule has 0 unspecified atom stereocenters. The van der Waals surface area contributed by atoms with Crippen LogP contribution >= 0.6 is 11.5 Å². The van der Waals surface area contributed by atoms with Gasteiger partial charge in [0.15, 0.2) is 10.8 Å². The molecule has 4 rings (SSSR count). The summed E-state index contributed by atoms with van der Waals surface area (Å²) in [6.07, 6.45) is 0. The molecule has 140 valence electrons. The highest BCUT2D eigenvalue weighted by Crippen LogP contribution is 2.34. The lowest BCUT2D eigenvalue weighted by molar-refractivity contribution is 0.0642. The molecule has 0 spiro atoms. The Morgan fingerprint density at radius 2 is 2.00 bits per heavy atom. The zero-order valence-electron chi connectivity index (χ0n) is 14.8. The van der Waals surface area contributed by atoms with Gasteiger partial charge in [-0.1, -0.05) is 0 Å². The van der Waals surface area contributed by atoms with Gasteiger partial charge in [-0.3, -0.25) is 4.79 Å². The summed E-state index contributed by atoms with van der Waals surface area (Å²) in [4.78, 5) is 23.3. The van der Waals surface area contributed by atoms with Crippen molar-refractivity contribution >= 4 is 17.4 Å². The third kappa shape index (κ3) is 3.01. The van der Waals surface area contributed by atoms with Crippen molar-refractivity contribution < 1.29 is 13.6 Å². The third-order valence-electron chi connectivity index (χ3n) is 4.71. The van der Waals surface area contributed by atoms with Crippen LogP contribution < -0.4 is 0 Å². The molecule has 9 heteroatoms. The summed E-state index contributed by atoms with van der Waals surface area (Å²) < 4.78 is 32.9. The van der Waals surface area contributed by atoms with Crippen LogP contribution in [0.5, 0.6) is 0 Å². The number of carbonyl (C=O) groups is 1. The van der Waals surface area contributed by atoms with Crippen LogP contribution in [-0.4, -0.2) is 36.3 Å². The van der Waals surface area contributed by atoms with Crippen molar-refractivity contribution in [1.29, 1.82) is 0 Å². The molecule has 1 atom stereocenters. The maximum Gasteiger partial charge on any atom is 0.254 e. The van der Waals surface area contributed by atoms with E-state index in [1.54, 1.807) is 11.8 Å². The fraction of sp³-hybridized carbons (Fsp3) is 0.333. The number of fused-ring (bicyclic) bond motifs is 1. The van der Waals surface area contributed by atoms with Crippen molar-refractivity contribution in [1.82, 2.24) is 23.8 Å². The smallest absolute Gasteiger partial charge is 0.254 e. The Morgan fingerprint density at radius 1 is 1.26 bits per heavy atom. The maximum absolute atomic E-state index is 13.7. The summed E-state index contributed by atoms with van der Waals surface area (Å²) >= 11 is 1.22. The first-order valence-electron chi connectivity index (χ1n) is 8.52. The Labute approximate surface area is 158 Å². The highest BCUT2D eigenvalue weighted by molar-refractivity contribution is 7.09. The van der Waals surface area contributed by atoms with E-state index in [2.05, 4.69) is 14.3 Å². The van der Waals surface area contributed by atoms with Crippen molar-refractivity contribution in [2.75, 3.05) is 6.54 Å². The van der Waals surface area contributed by atoms with Gasteiger partial charge in [-0.05, 0) is 49.6 Å². The van der Waals surface area contributed by atoms with Gasteiger partial charge < -0.3 is 9.47 Å². The van der Waals surface area contributed by atoms with Crippen molar-refractivity contribution in [3.05, 3.63) is 52.9 Å². The minimum atomic E-state index is -0.726. The summed E-state index contributed by atoms with van der Waals surface area (Å²) in [7, 11) is 0. The van der Waals surface area contributed by atoms with Crippen LogP contribution in [0.15, 0.2) is 24.3 Å². The Morgan fingerprint density at radius 3 is 2.63 bits per heavy atom. The third-order valence-corrected chi connectivity index (χ3v) is 5.51. The number of amides is 1. The molecule has 3 aromatic rings. The molecule has 27 heavy (non-hydrogen) atoms. The van der Waals surface area contributed by atoms with Crippen molar-refractivity contribution in [3.8, 4) is 10.8 Å². The molecule has 0 bridgehead atoms. The molecular formula is C18H17F2N5OS. The van der Waals surface area contributed by atoms with E-state index in [1.165, 1.54) is 35.8 Å². The predicted molar refractivity (Wildman–Crippen MR) is 96.5 cm³/mol. The molecular weight excluding hydrogens is 372 g/mol. The van der Waals surface area contributed by atoms with E-state index < -0.39 is 12.5 Å². The molecule has 2 aromatic heterocycles. The van der Waals surface area contributed by atoms with E-state index in [-0.39, 0.29) is 11.9 Å². The van der Waals surface area contributed by atoms with E-state index in [0.717, 1.165) is 0 Å². The van der Waals surface area contributed by atoms with Gasteiger partial charge in [0, 0.05) is 18.7 Å². The van der Waals surface area contributed by atoms with Gasteiger partial charge in [0.2, 0.25) is 0 Å². The SMILES string of the molecule is Cc1nsc(-c2nc(CF)c3n2CCN(C(=O)c2ccc(F)cc2)[C@@H]3C)n1. The number of halogens is 2. The minimum Gasteiger partial charge on any atom is -0.329 e. The summed E-state index contributed by atoms with van der Waals surface area (Å²) in [6.45, 7) is 3.84. The average Bonchev–Trinajstić information content (AvgIpc) is 3.26. The van der Waals surface area contributed by atoms with Crippen LogP contribution in [-0.2, 0) is 13.2 Å². The fourth-order valence-electron chi connectivity index (χ4n) is 3.44. The number of aromatic nitrogens is 4. The second-order valence-electron chi connectivity index (χ2n) is 6.38. The first-order chi connectivity index (χ1) is 13.0. The monoisotopic (exact) mass is 389 g/mol. The number of hydrogen-bond donors (Lipinski definition) is 0. The summed E-state index contributed by atoms with van der Waals surface area (Å²) in [5, 5.41) is 0.638. The number of carbonyl (C=O) groups excluding carboxylic acids is 1. The van der Waals surface area contributed by atoms with Gasteiger partial charge >= 0.3 is 0 Å². The molecule has 0 radical (unpaired) electrons. The molecule has 3 heterocycles. The molecule has 0 N–H and O–H groups in total. The van der Waals surface area contributed by atoms with Crippen LogP contribution in [0, 0.1) is 12.7 Å². The standard InChI is InChI=1S/C18H17F2N5OS/c1-10-15-14(9-19)22-16(17-21-11(2)23-27-17)25(15)8-7-24(10)18(26)12-3-5-13(20)6-4-12/h3-6,10H,7-9H2,1-2H3/t10-/m1/s1. The van der Waals surface area contributed by atoms with Gasteiger partial charge in [0.25, 0.3) is 5.91 Å². The summed E-state index contributed by atoms with van der Waals surface area (Å²) in [5.74, 6) is 0.621. The lowest BCUT2D eigenvalue weighted by Crippen LogP contribution is -2.41. The quantitative estimate of drug-likeness (QED) is 0.687. The second kappa shape index (κ2) is 6.80. The number of imidazole rings is 1. The van der Waals surface area contributed by atoms with Crippen LogP contribution in [0.1, 0.15) is 40.5 Å². The molecule has 0 aliphatic carbocycles. The molecule has 1 aliphatic rings. The Balaban J connectivity index is 1.71. The van der Waals surface area contributed by atoms with Gasteiger partial charge in [-0.2, -0.15) is 4.37 Å². The molecule has 0 fully saturated rings. The average molecular weight is 389 g/mol. The van der Waals surface area contributed by atoms with Crippen LogP contribution in [0.25, 0.3) is 10.8 Å². The largest absolute Gasteiger partial charge is 0.329 e. The normalized spacial score (nSPS) is 16.4. The molecule has 6 nitrogen and oxygen atoms in total. The number of hydrogen-bond acceptors (Lipinski definition) is 5.